The van der Waals surface area contributed by atoms with Crippen molar-refractivity contribution in [1.29, 1.82) is 5.26 Å². The smallest absolute Gasteiger partial charge is 0.234 e. The van der Waals surface area contributed by atoms with E-state index in [1.807, 2.05) is 30.0 Å². The van der Waals surface area contributed by atoms with E-state index in [9.17, 15) is 9.18 Å². The highest BCUT2D eigenvalue weighted by Gasteiger charge is 2.10. The lowest BCUT2D eigenvalue weighted by atomic mass is 10.1. The molecule has 0 aliphatic heterocycles. The molecule has 1 amide bonds. The van der Waals surface area contributed by atoms with Gasteiger partial charge in [-0.15, -0.1) is 0 Å². The number of benzene rings is 2. The van der Waals surface area contributed by atoms with E-state index in [0.29, 0.717) is 18.7 Å². The Morgan fingerprint density at radius 3 is 2.62 bits per heavy atom. The molecular formula is C19H20FN3O. The molecule has 0 spiro atoms. The lowest BCUT2D eigenvalue weighted by molar-refractivity contribution is -0.122. The second-order valence-corrected chi connectivity index (χ2v) is 5.52. The monoisotopic (exact) mass is 325 g/mol. The van der Waals surface area contributed by atoms with Gasteiger partial charge in [0.25, 0.3) is 0 Å². The fraction of sp³-hybridized carbons (Fsp3) is 0.263. The third-order valence-electron chi connectivity index (χ3n) is 3.68. The SMILES string of the molecule is CCN(CC(=O)NCc1ccc(F)cc1)Cc1cccc(C#N)c1. The van der Waals surface area contributed by atoms with Crippen molar-refractivity contribution in [2.75, 3.05) is 13.1 Å². The Bertz CT molecular complexity index is 722. The van der Waals surface area contributed by atoms with Gasteiger partial charge in [-0.05, 0) is 41.9 Å². The molecule has 4 nitrogen and oxygen atoms in total. The molecule has 2 aromatic carbocycles. The van der Waals surface area contributed by atoms with Crippen LogP contribution < -0.4 is 5.32 Å². The molecule has 0 radical (unpaired) electrons. The van der Waals surface area contributed by atoms with E-state index >= 15 is 0 Å². The molecule has 0 aromatic heterocycles. The minimum absolute atomic E-state index is 0.0855. The van der Waals surface area contributed by atoms with Crippen LogP contribution >= 0.6 is 0 Å². The van der Waals surface area contributed by atoms with Gasteiger partial charge in [0, 0.05) is 13.1 Å². The number of halogens is 1. The summed E-state index contributed by atoms with van der Waals surface area (Å²) in [6.45, 7) is 3.97. The predicted molar refractivity (Wildman–Crippen MR) is 90.4 cm³/mol. The number of carbonyl (C=O) groups is 1. The summed E-state index contributed by atoms with van der Waals surface area (Å²) in [4.78, 5) is 14.1. The number of amides is 1. The summed E-state index contributed by atoms with van der Waals surface area (Å²) < 4.78 is 12.9. The van der Waals surface area contributed by atoms with E-state index in [4.69, 9.17) is 5.26 Å². The number of rotatable bonds is 7. The topological polar surface area (TPSA) is 56.1 Å². The largest absolute Gasteiger partial charge is 0.351 e. The molecule has 0 atom stereocenters. The molecule has 1 N–H and O–H groups in total. The van der Waals surface area contributed by atoms with Crippen LogP contribution in [-0.4, -0.2) is 23.9 Å². The van der Waals surface area contributed by atoms with Gasteiger partial charge in [-0.1, -0.05) is 31.2 Å². The van der Waals surface area contributed by atoms with Crippen molar-refractivity contribution >= 4 is 5.91 Å². The van der Waals surface area contributed by atoms with Crippen LogP contribution in [0.3, 0.4) is 0 Å². The van der Waals surface area contributed by atoms with Crippen LogP contribution in [0.5, 0.6) is 0 Å². The van der Waals surface area contributed by atoms with Gasteiger partial charge >= 0.3 is 0 Å². The summed E-state index contributed by atoms with van der Waals surface area (Å²) in [6.07, 6.45) is 0. The standard InChI is InChI=1S/C19H20FN3O/c1-2-23(13-17-5-3-4-16(10-17)11-21)14-19(24)22-12-15-6-8-18(20)9-7-15/h3-10H,2,12-14H2,1H3,(H,22,24). The maximum absolute atomic E-state index is 12.9. The van der Waals surface area contributed by atoms with E-state index < -0.39 is 0 Å². The number of carbonyl (C=O) groups excluding carboxylic acids is 1. The molecule has 5 heteroatoms. The van der Waals surface area contributed by atoms with Gasteiger partial charge < -0.3 is 5.32 Å². The van der Waals surface area contributed by atoms with E-state index in [2.05, 4.69) is 11.4 Å². The summed E-state index contributed by atoms with van der Waals surface area (Å²) in [5.74, 6) is -0.376. The lowest BCUT2D eigenvalue weighted by Crippen LogP contribution is -2.36. The van der Waals surface area contributed by atoms with Crippen molar-refractivity contribution < 1.29 is 9.18 Å². The van der Waals surface area contributed by atoms with Crippen molar-refractivity contribution in [3.05, 3.63) is 71.0 Å². The summed E-state index contributed by atoms with van der Waals surface area (Å²) >= 11 is 0. The zero-order chi connectivity index (χ0) is 17.4. The Morgan fingerprint density at radius 1 is 1.21 bits per heavy atom. The van der Waals surface area contributed by atoms with Crippen LogP contribution in [0.4, 0.5) is 4.39 Å². The first kappa shape index (κ1) is 17.6. The molecule has 0 unspecified atom stereocenters. The average Bonchev–Trinajstić information content (AvgIpc) is 2.61. The highest BCUT2D eigenvalue weighted by Crippen LogP contribution is 2.08. The van der Waals surface area contributed by atoms with Gasteiger partial charge in [0.2, 0.25) is 5.91 Å². The first-order chi connectivity index (χ1) is 11.6. The van der Waals surface area contributed by atoms with E-state index in [1.54, 1.807) is 18.2 Å². The normalized spacial score (nSPS) is 10.4. The predicted octanol–water partition coefficient (Wildman–Crippen LogP) is 2.84. The van der Waals surface area contributed by atoms with Crippen LogP contribution in [0.15, 0.2) is 48.5 Å². The van der Waals surface area contributed by atoms with Crippen molar-refractivity contribution in [3.63, 3.8) is 0 Å². The lowest BCUT2D eigenvalue weighted by Gasteiger charge is -2.20. The molecule has 2 aromatic rings. The third kappa shape index (κ3) is 5.49. The number of likely N-dealkylation sites (N-methyl/N-ethyl adjacent to an activating group) is 1. The van der Waals surface area contributed by atoms with Gasteiger partial charge in [-0.25, -0.2) is 4.39 Å². The fourth-order valence-corrected chi connectivity index (χ4v) is 2.34. The van der Waals surface area contributed by atoms with Crippen molar-refractivity contribution in [1.82, 2.24) is 10.2 Å². The average molecular weight is 325 g/mol. The Morgan fingerprint density at radius 2 is 1.96 bits per heavy atom. The summed E-state index contributed by atoms with van der Waals surface area (Å²) in [6, 6.07) is 15.6. The Labute approximate surface area is 141 Å². The first-order valence-electron chi connectivity index (χ1n) is 7.83. The summed E-state index contributed by atoms with van der Waals surface area (Å²) in [5, 5.41) is 11.8. The number of nitrogens with zero attached hydrogens (tertiary/aromatic N) is 2. The highest BCUT2D eigenvalue weighted by molar-refractivity contribution is 5.78. The van der Waals surface area contributed by atoms with Crippen molar-refractivity contribution in [2.45, 2.75) is 20.0 Å². The minimum atomic E-state index is -0.290. The van der Waals surface area contributed by atoms with Crippen LogP contribution in [0.25, 0.3) is 0 Å². The minimum Gasteiger partial charge on any atom is -0.351 e. The summed E-state index contributed by atoms with van der Waals surface area (Å²) in [5.41, 5.74) is 2.47. The Hall–Kier alpha value is -2.71. The maximum Gasteiger partial charge on any atom is 0.234 e. The van der Waals surface area contributed by atoms with Gasteiger partial charge in [-0.2, -0.15) is 5.26 Å². The number of nitriles is 1. The second kappa shape index (κ2) is 8.80. The van der Waals surface area contributed by atoms with E-state index in [1.165, 1.54) is 12.1 Å². The van der Waals surface area contributed by atoms with Crippen LogP contribution in [0, 0.1) is 17.1 Å². The molecule has 0 aliphatic rings. The van der Waals surface area contributed by atoms with Crippen molar-refractivity contribution in [2.24, 2.45) is 0 Å². The molecule has 24 heavy (non-hydrogen) atoms. The summed E-state index contributed by atoms with van der Waals surface area (Å²) in [7, 11) is 0. The first-order valence-corrected chi connectivity index (χ1v) is 7.83. The molecular weight excluding hydrogens is 305 g/mol. The second-order valence-electron chi connectivity index (χ2n) is 5.52. The molecule has 124 valence electrons. The van der Waals surface area contributed by atoms with Crippen molar-refractivity contribution in [3.8, 4) is 6.07 Å². The van der Waals surface area contributed by atoms with Crippen LogP contribution in [0.1, 0.15) is 23.6 Å². The van der Waals surface area contributed by atoms with Gasteiger partial charge in [0.15, 0.2) is 0 Å². The van der Waals surface area contributed by atoms with Crippen LogP contribution in [-0.2, 0) is 17.9 Å². The number of hydrogen-bond donors (Lipinski definition) is 1. The number of nitrogens with one attached hydrogen (secondary N) is 1. The molecule has 0 saturated carbocycles. The molecule has 2 rings (SSSR count). The molecule has 0 saturated heterocycles. The quantitative estimate of drug-likeness (QED) is 0.851. The maximum atomic E-state index is 12.9. The number of hydrogen-bond acceptors (Lipinski definition) is 3. The van der Waals surface area contributed by atoms with Crippen LogP contribution in [0.2, 0.25) is 0 Å². The highest BCUT2D eigenvalue weighted by atomic mass is 19.1. The third-order valence-corrected chi connectivity index (χ3v) is 3.68. The zero-order valence-electron chi connectivity index (χ0n) is 13.6. The van der Waals surface area contributed by atoms with Gasteiger partial charge in [0.1, 0.15) is 5.82 Å². The Kier molecular flexibility index (Phi) is 6.47. The molecule has 0 heterocycles. The van der Waals surface area contributed by atoms with E-state index in [-0.39, 0.29) is 18.3 Å². The molecule has 0 bridgehead atoms. The van der Waals surface area contributed by atoms with Gasteiger partial charge in [-0.3, -0.25) is 9.69 Å². The zero-order valence-corrected chi connectivity index (χ0v) is 13.6. The molecule has 0 aliphatic carbocycles. The molecule has 0 fully saturated rings. The Balaban J connectivity index is 1.86. The fourth-order valence-electron chi connectivity index (χ4n) is 2.34. The van der Waals surface area contributed by atoms with Gasteiger partial charge in [0.05, 0.1) is 18.2 Å². The van der Waals surface area contributed by atoms with E-state index in [0.717, 1.165) is 17.7 Å².